The van der Waals surface area contributed by atoms with Crippen molar-refractivity contribution in [3.63, 3.8) is 0 Å². The normalized spacial score (nSPS) is 22.4. The van der Waals surface area contributed by atoms with Crippen LogP contribution in [0.15, 0.2) is 54.6 Å². The SMILES string of the molecule is COC(=O)c1ccc([C@@H]2Nc3c(C(=O)OC)cccc3[C@@H]3C=CC[C@H]32)cc1. The molecule has 1 heterocycles. The highest BCUT2D eigenvalue weighted by atomic mass is 16.5. The quantitative estimate of drug-likeness (QED) is 0.657. The Balaban J connectivity index is 1.74. The second kappa shape index (κ2) is 6.91. The molecule has 0 unspecified atom stereocenters. The average Bonchev–Trinajstić information content (AvgIpc) is 3.22. The van der Waals surface area contributed by atoms with Crippen molar-refractivity contribution in [1.29, 1.82) is 0 Å². The van der Waals surface area contributed by atoms with Gasteiger partial charge in [-0.3, -0.25) is 0 Å². The molecule has 1 aliphatic heterocycles. The van der Waals surface area contributed by atoms with Gasteiger partial charge in [0.05, 0.1) is 37.1 Å². The van der Waals surface area contributed by atoms with Crippen molar-refractivity contribution in [3.8, 4) is 0 Å². The Morgan fingerprint density at radius 2 is 1.74 bits per heavy atom. The lowest BCUT2D eigenvalue weighted by Crippen LogP contribution is -2.30. The highest BCUT2D eigenvalue weighted by molar-refractivity contribution is 5.97. The summed E-state index contributed by atoms with van der Waals surface area (Å²) in [7, 11) is 2.77. The van der Waals surface area contributed by atoms with Gasteiger partial charge in [-0.25, -0.2) is 9.59 Å². The number of hydrogen-bond donors (Lipinski definition) is 1. The van der Waals surface area contributed by atoms with E-state index in [9.17, 15) is 9.59 Å². The van der Waals surface area contributed by atoms with Crippen LogP contribution in [0.25, 0.3) is 0 Å². The molecule has 0 bridgehead atoms. The molecule has 1 aliphatic carbocycles. The van der Waals surface area contributed by atoms with Crippen molar-refractivity contribution in [2.75, 3.05) is 19.5 Å². The van der Waals surface area contributed by atoms with Crippen molar-refractivity contribution in [3.05, 3.63) is 76.9 Å². The summed E-state index contributed by atoms with van der Waals surface area (Å²) in [6, 6.07) is 13.3. The van der Waals surface area contributed by atoms with E-state index in [1.165, 1.54) is 14.2 Å². The van der Waals surface area contributed by atoms with Crippen molar-refractivity contribution < 1.29 is 19.1 Å². The minimum absolute atomic E-state index is 0.0370. The van der Waals surface area contributed by atoms with Gasteiger partial charge in [-0.05, 0) is 41.7 Å². The fourth-order valence-electron chi connectivity index (χ4n) is 4.18. The van der Waals surface area contributed by atoms with E-state index in [4.69, 9.17) is 9.47 Å². The minimum Gasteiger partial charge on any atom is -0.465 e. The summed E-state index contributed by atoms with van der Waals surface area (Å²) in [4.78, 5) is 23.9. The Bertz CT molecular complexity index is 916. The van der Waals surface area contributed by atoms with E-state index in [1.54, 1.807) is 18.2 Å². The summed E-state index contributed by atoms with van der Waals surface area (Å²) in [5, 5.41) is 3.57. The molecule has 2 aliphatic rings. The van der Waals surface area contributed by atoms with Gasteiger partial charge in [-0.1, -0.05) is 36.4 Å². The lowest BCUT2D eigenvalue weighted by Gasteiger charge is -2.38. The minimum atomic E-state index is -0.350. The first kappa shape index (κ1) is 17.3. The van der Waals surface area contributed by atoms with Gasteiger partial charge in [-0.2, -0.15) is 0 Å². The highest BCUT2D eigenvalue weighted by Gasteiger charge is 2.39. The number of esters is 2. The van der Waals surface area contributed by atoms with Crippen LogP contribution in [0.5, 0.6) is 0 Å². The third-order valence-corrected chi connectivity index (χ3v) is 5.49. The topological polar surface area (TPSA) is 64.6 Å². The van der Waals surface area contributed by atoms with Crippen molar-refractivity contribution in [2.24, 2.45) is 5.92 Å². The zero-order chi connectivity index (χ0) is 19.0. The lowest BCUT2D eigenvalue weighted by atomic mass is 9.76. The van der Waals surface area contributed by atoms with E-state index in [-0.39, 0.29) is 23.9 Å². The molecule has 5 heteroatoms. The first-order valence-electron chi connectivity index (χ1n) is 8.96. The molecule has 2 aromatic rings. The predicted octanol–water partition coefficient (Wildman–Crippen LogP) is 4.09. The molecule has 0 aromatic heterocycles. The van der Waals surface area contributed by atoms with E-state index in [2.05, 4.69) is 23.5 Å². The fraction of sp³-hybridized carbons (Fsp3) is 0.273. The van der Waals surface area contributed by atoms with E-state index in [0.29, 0.717) is 17.0 Å². The predicted molar refractivity (Wildman–Crippen MR) is 102 cm³/mol. The van der Waals surface area contributed by atoms with Crippen molar-refractivity contribution in [2.45, 2.75) is 18.4 Å². The molecule has 4 rings (SSSR count). The molecule has 2 aromatic carbocycles. The van der Waals surface area contributed by atoms with Gasteiger partial charge < -0.3 is 14.8 Å². The molecule has 5 nitrogen and oxygen atoms in total. The largest absolute Gasteiger partial charge is 0.465 e. The summed E-state index contributed by atoms with van der Waals surface area (Å²) in [5.74, 6) is -0.0954. The molecule has 0 fully saturated rings. The van der Waals surface area contributed by atoms with Crippen LogP contribution in [0.2, 0.25) is 0 Å². The Morgan fingerprint density at radius 3 is 2.44 bits per heavy atom. The Morgan fingerprint density at radius 1 is 1.00 bits per heavy atom. The number of carbonyl (C=O) groups is 2. The zero-order valence-electron chi connectivity index (χ0n) is 15.3. The molecule has 0 saturated carbocycles. The van der Waals surface area contributed by atoms with E-state index < -0.39 is 0 Å². The van der Waals surface area contributed by atoms with Crippen LogP contribution >= 0.6 is 0 Å². The maximum absolute atomic E-state index is 12.2. The van der Waals surface area contributed by atoms with Gasteiger partial charge in [0, 0.05) is 5.92 Å². The van der Waals surface area contributed by atoms with Gasteiger partial charge in [0.2, 0.25) is 0 Å². The number of para-hydroxylation sites is 1. The second-order valence-electron chi connectivity index (χ2n) is 6.85. The molecule has 0 spiro atoms. The van der Waals surface area contributed by atoms with Gasteiger partial charge in [0.25, 0.3) is 0 Å². The van der Waals surface area contributed by atoms with Crippen LogP contribution in [0.4, 0.5) is 5.69 Å². The Labute approximate surface area is 158 Å². The Hall–Kier alpha value is -3.08. The van der Waals surface area contributed by atoms with Gasteiger partial charge in [0.15, 0.2) is 0 Å². The molecular formula is C22H21NO4. The third kappa shape index (κ3) is 2.89. The maximum Gasteiger partial charge on any atom is 0.339 e. The molecule has 27 heavy (non-hydrogen) atoms. The summed E-state index contributed by atoms with van der Waals surface area (Å²) in [6.45, 7) is 0. The van der Waals surface area contributed by atoms with E-state index >= 15 is 0 Å². The van der Waals surface area contributed by atoms with Crippen LogP contribution in [0.1, 0.15) is 50.2 Å². The second-order valence-corrected chi connectivity index (χ2v) is 6.85. The monoisotopic (exact) mass is 363 g/mol. The molecule has 3 atom stereocenters. The molecule has 0 amide bonds. The number of nitrogens with one attached hydrogen (secondary N) is 1. The van der Waals surface area contributed by atoms with Crippen LogP contribution in [0.3, 0.4) is 0 Å². The number of carbonyl (C=O) groups excluding carboxylic acids is 2. The van der Waals surface area contributed by atoms with Gasteiger partial charge in [0.1, 0.15) is 0 Å². The molecule has 0 radical (unpaired) electrons. The summed E-state index contributed by atoms with van der Waals surface area (Å²) >= 11 is 0. The number of anilines is 1. The first-order chi connectivity index (χ1) is 13.1. The first-order valence-corrected chi connectivity index (χ1v) is 8.96. The summed E-state index contributed by atoms with van der Waals surface area (Å²) in [6.07, 6.45) is 5.39. The average molecular weight is 363 g/mol. The van der Waals surface area contributed by atoms with E-state index in [0.717, 1.165) is 23.2 Å². The molecule has 138 valence electrons. The third-order valence-electron chi connectivity index (χ3n) is 5.49. The number of hydrogen-bond acceptors (Lipinski definition) is 5. The van der Waals surface area contributed by atoms with Crippen molar-refractivity contribution >= 4 is 17.6 Å². The van der Waals surface area contributed by atoms with Gasteiger partial charge in [-0.15, -0.1) is 0 Å². The van der Waals surface area contributed by atoms with E-state index in [1.807, 2.05) is 18.2 Å². The number of fused-ring (bicyclic) bond motifs is 3. The summed E-state index contributed by atoms with van der Waals surface area (Å²) < 4.78 is 9.74. The number of methoxy groups -OCH3 is 2. The fourth-order valence-corrected chi connectivity index (χ4v) is 4.18. The van der Waals surface area contributed by atoms with Gasteiger partial charge >= 0.3 is 11.9 Å². The van der Waals surface area contributed by atoms with Crippen LogP contribution < -0.4 is 5.32 Å². The zero-order valence-corrected chi connectivity index (χ0v) is 15.3. The van der Waals surface area contributed by atoms with Crippen LogP contribution in [-0.2, 0) is 9.47 Å². The van der Waals surface area contributed by atoms with Crippen molar-refractivity contribution in [1.82, 2.24) is 0 Å². The lowest BCUT2D eigenvalue weighted by molar-refractivity contribution is 0.0592. The number of benzene rings is 2. The molecular weight excluding hydrogens is 342 g/mol. The standard InChI is InChI=1S/C22H21NO4/c1-26-21(24)14-11-9-13(10-12-14)19-16-6-3-5-15(16)17-7-4-8-18(20(17)23-19)22(25)27-2/h3-5,7-12,15-16,19,23H,6H2,1-2H3/t15-,16-,19+/m1/s1. The number of rotatable bonds is 3. The van der Waals surface area contributed by atoms with Crippen LogP contribution in [-0.4, -0.2) is 26.2 Å². The highest BCUT2D eigenvalue weighted by Crippen LogP contribution is 2.50. The maximum atomic E-state index is 12.2. The number of ether oxygens (including phenoxy) is 2. The Kier molecular flexibility index (Phi) is 4.44. The summed E-state index contributed by atoms with van der Waals surface area (Å²) in [5.41, 5.74) is 4.10. The number of allylic oxidation sites excluding steroid dienone is 2. The molecule has 1 N–H and O–H groups in total. The smallest absolute Gasteiger partial charge is 0.339 e. The molecule has 0 saturated heterocycles. The van der Waals surface area contributed by atoms with Crippen LogP contribution in [0, 0.1) is 5.92 Å².